The van der Waals surface area contributed by atoms with Gasteiger partial charge in [-0.05, 0) is 72.9 Å². The maximum Gasteiger partial charge on any atom is 0.240 e. The van der Waals surface area contributed by atoms with Crippen LogP contribution in [0.2, 0.25) is 5.02 Å². The Morgan fingerprint density at radius 1 is 1.20 bits per heavy atom. The van der Waals surface area contributed by atoms with Crippen molar-refractivity contribution in [1.82, 2.24) is 15.4 Å². The lowest BCUT2D eigenvalue weighted by molar-refractivity contribution is 0.409. The lowest BCUT2D eigenvalue weighted by atomic mass is 10.1. The Hall–Kier alpha value is -1.87. The minimum absolute atomic E-state index is 0.114. The summed E-state index contributed by atoms with van der Waals surface area (Å²) in [5.41, 5.74) is 3.09. The van der Waals surface area contributed by atoms with Crippen molar-refractivity contribution in [2.75, 3.05) is 13.7 Å². The number of fused-ring (bicyclic) bond motifs is 1. The molecule has 0 bridgehead atoms. The molecule has 0 saturated heterocycles. The second-order valence-electron chi connectivity index (χ2n) is 7.22. The molecular formula is C21H26ClN3O3S2. The highest BCUT2D eigenvalue weighted by atomic mass is 35.5. The summed E-state index contributed by atoms with van der Waals surface area (Å²) in [5.74, 6) is 0.744. The van der Waals surface area contributed by atoms with Gasteiger partial charge in [0.2, 0.25) is 10.0 Å². The smallest absolute Gasteiger partial charge is 0.240 e. The fourth-order valence-corrected chi connectivity index (χ4v) is 5.10. The summed E-state index contributed by atoms with van der Waals surface area (Å²) in [4.78, 5) is 0.309. The van der Waals surface area contributed by atoms with Crippen molar-refractivity contribution in [3.05, 3.63) is 58.1 Å². The van der Waals surface area contributed by atoms with E-state index in [1.54, 1.807) is 25.3 Å². The van der Waals surface area contributed by atoms with Crippen molar-refractivity contribution in [1.29, 1.82) is 0 Å². The van der Waals surface area contributed by atoms with Crippen LogP contribution < -0.4 is 20.1 Å². The van der Waals surface area contributed by atoms with Gasteiger partial charge in [0, 0.05) is 29.7 Å². The quantitative estimate of drug-likeness (QED) is 0.517. The number of hydrogen-bond acceptors (Lipinski definition) is 4. The van der Waals surface area contributed by atoms with E-state index >= 15 is 0 Å². The van der Waals surface area contributed by atoms with Crippen LogP contribution >= 0.6 is 23.8 Å². The molecule has 1 aliphatic rings. The van der Waals surface area contributed by atoms with Crippen LogP contribution in [-0.2, 0) is 29.4 Å². The van der Waals surface area contributed by atoms with Gasteiger partial charge < -0.3 is 15.4 Å². The van der Waals surface area contributed by atoms with Crippen LogP contribution in [0.4, 0.5) is 0 Å². The second kappa shape index (κ2) is 9.96. The van der Waals surface area contributed by atoms with Crippen molar-refractivity contribution in [2.45, 2.75) is 43.7 Å². The molecule has 1 unspecified atom stereocenters. The van der Waals surface area contributed by atoms with E-state index in [0.717, 1.165) is 41.7 Å². The molecule has 162 valence electrons. The normalized spacial score (nSPS) is 15.5. The van der Waals surface area contributed by atoms with E-state index in [2.05, 4.69) is 15.4 Å². The van der Waals surface area contributed by atoms with Crippen LogP contribution in [0.3, 0.4) is 0 Å². The van der Waals surface area contributed by atoms with Crippen LogP contribution in [-0.4, -0.2) is 33.2 Å². The Morgan fingerprint density at radius 3 is 2.70 bits per heavy atom. The minimum Gasteiger partial charge on any atom is -0.496 e. The van der Waals surface area contributed by atoms with Gasteiger partial charge in [-0.1, -0.05) is 24.6 Å². The van der Waals surface area contributed by atoms with E-state index in [4.69, 9.17) is 28.6 Å². The van der Waals surface area contributed by atoms with Gasteiger partial charge in [0.25, 0.3) is 0 Å². The summed E-state index contributed by atoms with van der Waals surface area (Å²) in [5, 5.41) is 7.68. The maximum absolute atomic E-state index is 12.4. The molecule has 3 N–H and O–H groups in total. The Balaban J connectivity index is 1.58. The number of sulfonamides is 1. The van der Waals surface area contributed by atoms with Crippen LogP contribution in [0, 0.1) is 0 Å². The standard InChI is InChI=1S/C21H26ClN3O3S2/c1-3-8-24-30(26,27)19-6-4-14-10-18(11-15(14)12-19)25-21(29)23-13-16-9-17(22)5-7-20(16)28-2/h4-7,9,12,18,24H,3,8,10-11,13H2,1-2H3,(H2,23,25,29). The van der Waals surface area contributed by atoms with E-state index < -0.39 is 10.0 Å². The van der Waals surface area contributed by atoms with Crippen LogP contribution in [0.25, 0.3) is 0 Å². The van der Waals surface area contributed by atoms with Crippen molar-refractivity contribution in [3.8, 4) is 5.75 Å². The molecule has 3 rings (SSSR count). The first kappa shape index (κ1) is 22.8. The number of hydrogen-bond donors (Lipinski definition) is 3. The number of ether oxygens (including phenoxy) is 1. The number of thiocarbonyl (C=S) groups is 1. The molecule has 0 heterocycles. The Morgan fingerprint density at radius 2 is 1.97 bits per heavy atom. The molecule has 1 aliphatic carbocycles. The molecule has 0 radical (unpaired) electrons. The van der Waals surface area contributed by atoms with Crippen molar-refractivity contribution in [2.24, 2.45) is 0 Å². The predicted octanol–water partition coefficient (Wildman–Crippen LogP) is 3.17. The van der Waals surface area contributed by atoms with Crippen molar-refractivity contribution in [3.63, 3.8) is 0 Å². The van der Waals surface area contributed by atoms with E-state index in [-0.39, 0.29) is 6.04 Å². The number of methoxy groups -OCH3 is 1. The van der Waals surface area contributed by atoms with Gasteiger partial charge >= 0.3 is 0 Å². The number of halogens is 1. The van der Waals surface area contributed by atoms with Gasteiger partial charge in [-0.3, -0.25) is 0 Å². The predicted molar refractivity (Wildman–Crippen MR) is 124 cm³/mol. The largest absolute Gasteiger partial charge is 0.496 e. The zero-order valence-electron chi connectivity index (χ0n) is 17.0. The molecule has 0 spiro atoms. The molecule has 9 heteroatoms. The van der Waals surface area contributed by atoms with Gasteiger partial charge in [0.15, 0.2) is 5.11 Å². The summed E-state index contributed by atoms with van der Waals surface area (Å²) in [6.45, 7) is 2.85. The summed E-state index contributed by atoms with van der Waals surface area (Å²) >= 11 is 11.5. The third-order valence-electron chi connectivity index (χ3n) is 4.98. The molecule has 2 aromatic rings. The van der Waals surface area contributed by atoms with E-state index in [1.807, 2.05) is 25.1 Å². The van der Waals surface area contributed by atoms with Crippen molar-refractivity contribution < 1.29 is 13.2 Å². The zero-order chi connectivity index (χ0) is 21.7. The van der Waals surface area contributed by atoms with Gasteiger partial charge in [-0.25, -0.2) is 13.1 Å². The average Bonchev–Trinajstić information content (AvgIpc) is 3.12. The third-order valence-corrected chi connectivity index (χ3v) is 6.94. The fraction of sp³-hybridized carbons (Fsp3) is 0.381. The van der Waals surface area contributed by atoms with E-state index in [0.29, 0.717) is 28.1 Å². The highest BCUT2D eigenvalue weighted by Crippen LogP contribution is 2.26. The molecule has 0 amide bonds. The van der Waals surface area contributed by atoms with Gasteiger partial charge in [0.05, 0.1) is 12.0 Å². The number of nitrogens with one attached hydrogen (secondary N) is 3. The molecule has 0 saturated carbocycles. The first-order valence-corrected chi connectivity index (χ1v) is 12.1. The summed E-state index contributed by atoms with van der Waals surface area (Å²) < 4.78 is 32.7. The molecule has 30 heavy (non-hydrogen) atoms. The SMILES string of the molecule is CCCNS(=O)(=O)c1ccc2c(c1)CC(NC(=S)NCc1cc(Cl)ccc1OC)C2. The van der Waals surface area contributed by atoms with Crippen LogP contribution in [0.1, 0.15) is 30.0 Å². The third kappa shape index (κ3) is 5.63. The van der Waals surface area contributed by atoms with E-state index in [1.165, 1.54) is 0 Å². The molecule has 1 atom stereocenters. The summed E-state index contributed by atoms with van der Waals surface area (Å²) in [6.07, 6.45) is 2.26. The fourth-order valence-electron chi connectivity index (χ4n) is 3.48. The monoisotopic (exact) mass is 467 g/mol. The topological polar surface area (TPSA) is 79.5 Å². The van der Waals surface area contributed by atoms with Crippen molar-refractivity contribution >= 4 is 39.0 Å². The van der Waals surface area contributed by atoms with E-state index in [9.17, 15) is 8.42 Å². The Bertz CT molecular complexity index is 1030. The van der Waals surface area contributed by atoms with Crippen LogP contribution in [0.5, 0.6) is 5.75 Å². The minimum atomic E-state index is -3.47. The summed E-state index contributed by atoms with van der Waals surface area (Å²) in [6, 6.07) is 10.9. The molecule has 2 aromatic carbocycles. The Labute approximate surface area is 188 Å². The van der Waals surface area contributed by atoms with Gasteiger partial charge in [-0.2, -0.15) is 0 Å². The summed E-state index contributed by atoms with van der Waals surface area (Å²) in [7, 11) is -1.85. The number of benzene rings is 2. The van der Waals surface area contributed by atoms with Crippen LogP contribution in [0.15, 0.2) is 41.3 Å². The van der Waals surface area contributed by atoms with Gasteiger partial charge in [0.1, 0.15) is 5.75 Å². The van der Waals surface area contributed by atoms with Gasteiger partial charge in [-0.15, -0.1) is 0 Å². The Kier molecular flexibility index (Phi) is 7.57. The molecule has 0 aromatic heterocycles. The number of rotatable bonds is 8. The second-order valence-corrected chi connectivity index (χ2v) is 9.83. The lowest BCUT2D eigenvalue weighted by Crippen LogP contribution is -2.42. The molecule has 6 nitrogen and oxygen atoms in total. The molecule has 0 aliphatic heterocycles. The average molecular weight is 468 g/mol. The maximum atomic E-state index is 12.4. The molecule has 0 fully saturated rings. The first-order valence-electron chi connectivity index (χ1n) is 9.80. The highest BCUT2D eigenvalue weighted by Gasteiger charge is 2.24. The zero-order valence-corrected chi connectivity index (χ0v) is 19.4. The molecular weight excluding hydrogens is 442 g/mol. The lowest BCUT2D eigenvalue weighted by Gasteiger charge is -2.17. The first-order chi connectivity index (χ1) is 14.3. The highest BCUT2D eigenvalue weighted by molar-refractivity contribution is 7.89.